The maximum absolute atomic E-state index is 10.9. The first-order valence-corrected chi connectivity index (χ1v) is 8.95. The van der Waals surface area contributed by atoms with Gasteiger partial charge in [-0.1, -0.05) is 24.3 Å². The number of aromatic hydroxyl groups is 1. The summed E-state index contributed by atoms with van der Waals surface area (Å²) in [5.74, 6) is 0.969. The summed E-state index contributed by atoms with van der Waals surface area (Å²) in [5.41, 5.74) is 3.37. The van der Waals surface area contributed by atoms with E-state index in [1.54, 1.807) is 17.5 Å². The number of nitrogens with one attached hydrogen (secondary N) is 1. The summed E-state index contributed by atoms with van der Waals surface area (Å²) in [5, 5.41) is 19.4. The fraction of sp³-hybridized carbons (Fsp3) is 0.100. The van der Waals surface area contributed by atoms with Crippen LogP contribution >= 0.6 is 11.3 Å². The van der Waals surface area contributed by atoms with Gasteiger partial charge in [-0.25, -0.2) is 9.97 Å². The Hall–Kier alpha value is -2.92. The molecule has 3 aromatic heterocycles. The molecule has 4 aromatic rings. The molecule has 0 aliphatic rings. The second-order valence-corrected chi connectivity index (χ2v) is 6.66. The first-order chi connectivity index (χ1) is 12.2. The maximum atomic E-state index is 10.9. The Morgan fingerprint density at radius 1 is 1.08 bits per heavy atom. The number of thiophene rings is 1. The van der Waals surface area contributed by atoms with Gasteiger partial charge in [-0.3, -0.25) is 0 Å². The largest absolute Gasteiger partial charge is 0.505 e. The highest BCUT2D eigenvalue weighted by Crippen LogP contribution is 2.36. The minimum atomic E-state index is -0.201. The van der Waals surface area contributed by atoms with Crippen LogP contribution in [0.2, 0.25) is 0 Å². The molecular weight excluding hydrogens is 330 g/mol. The van der Waals surface area contributed by atoms with Gasteiger partial charge in [0.2, 0.25) is 0 Å². The summed E-state index contributed by atoms with van der Waals surface area (Å²) in [6.07, 6.45) is 1.75. The van der Waals surface area contributed by atoms with Crippen LogP contribution < -0.4 is 5.32 Å². The second kappa shape index (κ2) is 6.53. The van der Waals surface area contributed by atoms with E-state index in [9.17, 15) is 5.11 Å². The van der Waals surface area contributed by atoms with Gasteiger partial charge >= 0.3 is 0 Å². The average molecular weight is 347 g/mol. The highest BCUT2D eigenvalue weighted by atomic mass is 32.1. The molecular formula is C20H17N3OS. The summed E-state index contributed by atoms with van der Waals surface area (Å²) >= 11 is 1.63. The minimum absolute atomic E-state index is 0.201. The van der Waals surface area contributed by atoms with Crippen LogP contribution in [0.3, 0.4) is 0 Å². The molecule has 1 atom stereocenters. The van der Waals surface area contributed by atoms with Gasteiger partial charge in [-0.15, -0.1) is 0 Å². The lowest BCUT2D eigenvalue weighted by Crippen LogP contribution is -2.13. The molecule has 0 unspecified atom stereocenters. The van der Waals surface area contributed by atoms with Crippen LogP contribution in [0.15, 0.2) is 65.5 Å². The Morgan fingerprint density at radius 3 is 2.72 bits per heavy atom. The molecule has 4 nitrogen and oxygen atoms in total. The van der Waals surface area contributed by atoms with Crippen molar-refractivity contribution < 1.29 is 5.11 Å². The van der Waals surface area contributed by atoms with Crippen LogP contribution in [0.4, 0.5) is 5.82 Å². The first-order valence-electron chi connectivity index (χ1n) is 8.01. The Morgan fingerprint density at radius 2 is 1.96 bits per heavy atom. The third kappa shape index (κ3) is 3.06. The van der Waals surface area contributed by atoms with Gasteiger partial charge in [-0.2, -0.15) is 11.3 Å². The number of hydrogen-bond donors (Lipinski definition) is 2. The van der Waals surface area contributed by atoms with E-state index in [1.807, 2.05) is 54.8 Å². The minimum Gasteiger partial charge on any atom is -0.505 e. The van der Waals surface area contributed by atoms with Crippen molar-refractivity contribution in [3.63, 3.8) is 0 Å². The van der Waals surface area contributed by atoms with Gasteiger partial charge < -0.3 is 10.4 Å². The topological polar surface area (TPSA) is 58.0 Å². The van der Waals surface area contributed by atoms with Crippen LogP contribution in [-0.2, 0) is 0 Å². The maximum Gasteiger partial charge on any atom is 0.147 e. The van der Waals surface area contributed by atoms with Crippen molar-refractivity contribution in [3.05, 3.63) is 82.3 Å². The van der Waals surface area contributed by atoms with Crippen molar-refractivity contribution in [2.24, 2.45) is 0 Å². The number of fused-ring (bicyclic) bond motifs is 1. The fourth-order valence-electron chi connectivity index (χ4n) is 2.90. The first kappa shape index (κ1) is 15.6. The van der Waals surface area contributed by atoms with Crippen LogP contribution in [-0.4, -0.2) is 15.1 Å². The van der Waals surface area contributed by atoms with Crippen molar-refractivity contribution >= 4 is 28.1 Å². The molecule has 5 heteroatoms. The van der Waals surface area contributed by atoms with Gasteiger partial charge in [0.15, 0.2) is 0 Å². The summed E-state index contributed by atoms with van der Waals surface area (Å²) in [7, 11) is 0. The number of hydrogen-bond acceptors (Lipinski definition) is 5. The van der Waals surface area contributed by atoms with Gasteiger partial charge in [0.1, 0.15) is 17.1 Å². The molecule has 0 spiro atoms. The molecule has 0 bridgehead atoms. The third-order valence-corrected chi connectivity index (χ3v) is 4.85. The van der Waals surface area contributed by atoms with E-state index >= 15 is 0 Å². The lowest BCUT2D eigenvalue weighted by atomic mass is 9.98. The number of anilines is 1. The van der Waals surface area contributed by atoms with Gasteiger partial charge in [-0.05, 0) is 47.5 Å². The lowest BCUT2D eigenvalue weighted by molar-refractivity contribution is 0.471. The van der Waals surface area contributed by atoms with Crippen molar-refractivity contribution in [3.8, 4) is 5.75 Å². The van der Waals surface area contributed by atoms with Crippen LogP contribution in [0.5, 0.6) is 5.75 Å². The number of nitrogens with zero attached hydrogens (tertiary/aromatic N) is 2. The second-order valence-electron chi connectivity index (χ2n) is 5.88. The van der Waals surface area contributed by atoms with E-state index in [0.717, 1.165) is 28.0 Å². The normalized spacial score (nSPS) is 12.2. The molecule has 0 amide bonds. The SMILES string of the molecule is Cc1ccc2ccc([C@H](Nc3ccccn3)c3ccsc3)c(O)c2n1. The predicted molar refractivity (Wildman–Crippen MR) is 102 cm³/mol. The smallest absolute Gasteiger partial charge is 0.147 e. The number of phenolic OH excluding ortho intramolecular Hbond substituents is 1. The highest BCUT2D eigenvalue weighted by molar-refractivity contribution is 7.08. The number of rotatable bonds is 4. The zero-order valence-corrected chi connectivity index (χ0v) is 14.5. The molecule has 124 valence electrons. The van der Waals surface area contributed by atoms with Crippen molar-refractivity contribution in [2.45, 2.75) is 13.0 Å². The van der Waals surface area contributed by atoms with Crippen molar-refractivity contribution in [1.82, 2.24) is 9.97 Å². The molecule has 0 saturated heterocycles. The van der Waals surface area contributed by atoms with Crippen LogP contribution in [0, 0.1) is 6.92 Å². The molecule has 0 aliphatic carbocycles. The number of benzene rings is 1. The number of aryl methyl sites for hydroxylation is 1. The highest BCUT2D eigenvalue weighted by Gasteiger charge is 2.20. The summed E-state index contributed by atoms with van der Waals surface area (Å²) in [4.78, 5) is 8.87. The van der Waals surface area contributed by atoms with E-state index in [2.05, 4.69) is 26.7 Å². The Kier molecular flexibility index (Phi) is 4.07. The van der Waals surface area contributed by atoms with E-state index in [0.29, 0.717) is 5.52 Å². The van der Waals surface area contributed by atoms with E-state index < -0.39 is 0 Å². The summed E-state index contributed by atoms with van der Waals surface area (Å²) < 4.78 is 0. The third-order valence-electron chi connectivity index (χ3n) is 4.15. The quantitative estimate of drug-likeness (QED) is 0.551. The van der Waals surface area contributed by atoms with Crippen molar-refractivity contribution in [1.29, 1.82) is 0 Å². The average Bonchev–Trinajstić information content (AvgIpc) is 3.16. The van der Waals surface area contributed by atoms with Gasteiger partial charge in [0, 0.05) is 22.8 Å². The van der Waals surface area contributed by atoms with Crippen LogP contribution in [0.1, 0.15) is 22.9 Å². The molecule has 2 N–H and O–H groups in total. The van der Waals surface area contributed by atoms with Crippen LogP contribution in [0.25, 0.3) is 10.9 Å². The molecule has 0 fully saturated rings. The van der Waals surface area contributed by atoms with Gasteiger partial charge in [0.05, 0.1) is 6.04 Å². The zero-order chi connectivity index (χ0) is 17.2. The summed E-state index contributed by atoms with van der Waals surface area (Å²) in [6.45, 7) is 1.92. The Balaban J connectivity index is 1.84. The number of aromatic nitrogens is 2. The van der Waals surface area contributed by atoms with E-state index in [4.69, 9.17) is 0 Å². The number of pyridine rings is 2. The molecule has 4 rings (SSSR count). The van der Waals surface area contributed by atoms with Crippen molar-refractivity contribution in [2.75, 3.05) is 5.32 Å². The molecule has 25 heavy (non-hydrogen) atoms. The predicted octanol–water partition coefficient (Wildman–Crippen LogP) is 4.91. The monoisotopic (exact) mass is 347 g/mol. The van der Waals surface area contributed by atoms with E-state index in [-0.39, 0.29) is 11.8 Å². The molecule has 1 aromatic carbocycles. The standard InChI is InChI=1S/C20H17N3OS/c1-13-5-6-14-7-8-16(20(24)19(14)22-13)18(15-9-11-25-12-15)23-17-4-2-3-10-21-17/h2-12,18,24H,1H3,(H,21,23)/t18-/m1/s1. The molecule has 3 heterocycles. The lowest BCUT2D eigenvalue weighted by Gasteiger charge is -2.21. The Labute approximate surface area is 149 Å². The Bertz CT molecular complexity index is 1000. The fourth-order valence-corrected chi connectivity index (χ4v) is 3.58. The zero-order valence-electron chi connectivity index (χ0n) is 13.7. The number of phenols is 1. The molecule has 0 aliphatic heterocycles. The molecule has 0 saturated carbocycles. The van der Waals surface area contributed by atoms with Gasteiger partial charge in [0.25, 0.3) is 0 Å². The summed E-state index contributed by atoms with van der Waals surface area (Å²) in [6, 6.07) is 15.5. The van der Waals surface area contributed by atoms with E-state index in [1.165, 1.54) is 0 Å². The molecule has 0 radical (unpaired) electrons.